The molecule has 1 unspecified atom stereocenters. The molecule has 0 N–H and O–H groups in total. The summed E-state index contributed by atoms with van der Waals surface area (Å²) in [5.41, 5.74) is 4.80. The van der Waals surface area contributed by atoms with Crippen LogP contribution in [0.15, 0.2) is 59.2 Å². The van der Waals surface area contributed by atoms with Crippen LogP contribution in [0, 0.1) is 0 Å². The second-order valence-corrected chi connectivity index (χ2v) is 8.55. The first kappa shape index (κ1) is 18.6. The predicted molar refractivity (Wildman–Crippen MR) is 120 cm³/mol. The summed E-state index contributed by atoms with van der Waals surface area (Å²) in [5, 5.41) is 2.36. The molecule has 4 aromatic rings. The van der Waals surface area contributed by atoms with Crippen LogP contribution < -0.4 is 4.74 Å². The van der Waals surface area contributed by atoms with E-state index >= 15 is 0 Å². The molecule has 1 atom stereocenters. The number of methoxy groups -OCH3 is 1. The molecular weight excluding hydrogens is 428 g/mol. The number of hydrogen-bond acceptors (Lipinski definition) is 3. The normalized spacial score (nSPS) is 16.7. The summed E-state index contributed by atoms with van der Waals surface area (Å²) < 4.78 is 14.7. The van der Waals surface area contributed by atoms with Crippen molar-refractivity contribution in [2.75, 3.05) is 13.7 Å². The molecule has 1 saturated heterocycles. The van der Waals surface area contributed by atoms with Gasteiger partial charge in [-0.1, -0.05) is 28.1 Å². The zero-order chi connectivity index (χ0) is 19.8. The van der Waals surface area contributed by atoms with Gasteiger partial charge in [0.2, 0.25) is 0 Å². The van der Waals surface area contributed by atoms with E-state index in [2.05, 4.69) is 56.9 Å². The maximum atomic E-state index is 5.94. The lowest BCUT2D eigenvalue weighted by molar-refractivity contribution is 0.110. The van der Waals surface area contributed by atoms with E-state index in [1.54, 1.807) is 7.11 Å². The first-order valence-electron chi connectivity index (χ1n) is 10.0. The van der Waals surface area contributed by atoms with Gasteiger partial charge in [-0.05, 0) is 54.8 Å². The highest BCUT2D eigenvalue weighted by atomic mass is 79.9. The van der Waals surface area contributed by atoms with Gasteiger partial charge in [0, 0.05) is 46.7 Å². The Morgan fingerprint density at radius 1 is 1.17 bits per heavy atom. The van der Waals surface area contributed by atoms with Crippen molar-refractivity contribution >= 4 is 37.7 Å². The van der Waals surface area contributed by atoms with Gasteiger partial charge < -0.3 is 14.0 Å². The molecule has 2 aromatic carbocycles. The molecule has 1 fully saturated rings. The minimum atomic E-state index is 0.308. The van der Waals surface area contributed by atoms with E-state index < -0.39 is 0 Å². The number of aromatic nitrogens is 2. The molecule has 5 heteroatoms. The van der Waals surface area contributed by atoms with Crippen molar-refractivity contribution in [1.82, 2.24) is 9.55 Å². The number of rotatable bonds is 5. The molecule has 0 amide bonds. The second kappa shape index (κ2) is 7.81. The van der Waals surface area contributed by atoms with E-state index in [4.69, 9.17) is 14.5 Å². The Morgan fingerprint density at radius 2 is 2.03 bits per heavy atom. The van der Waals surface area contributed by atoms with Crippen LogP contribution in [0.5, 0.6) is 5.75 Å². The van der Waals surface area contributed by atoms with Crippen LogP contribution in [-0.4, -0.2) is 29.4 Å². The van der Waals surface area contributed by atoms with Gasteiger partial charge in [-0.3, -0.25) is 4.98 Å². The monoisotopic (exact) mass is 450 g/mol. The quantitative estimate of drug-likeness (QED) is 0.389. The van der Waals surface area contributed by atoms with Crippen LogP contribution in [0.25, 0.3) is 21.8 Å². The lowest BCUT2D eigenvalue weighted by Crippen LogP contribution is -2.13. The molecule has 3 heterocycles. The third-order valence-electron chi connectivity index (χ3n) is 5.73. The molecule has 0 aliphatic carbocycles. The van der Waals surface area contributed by atoms with Crippen LogP contribution >= 0.6 is 15.9 Å². The van der Waals surface area contributed by atoms with Gasteiger partial charge in [-0.25, -0.2) is 0 Å². The molecule has 0 saturated carbocycles. The van der Waals surface area contributed by atoms with Crippen molar-refractivity contribution < 1.29 is 9.47 Å². The topological polar surface area (TPSA) is 36.3 Å². The lowest BCUT2D eigenvalue weighted by atomic mass is 10.1. The summed E-state index contributed by atoms with van der Waals surface area (Å²) in [6.07, 6.45) is 5.52. The van der Waals surface area contributed by atoms with Crippen molar-refractivity contribution in [2.24, 2.45) is 0 Å². The standard InChI is InChI=1S/C24H23BrN2O2/c1-28-20-7-4-16(5-8-20)15-27-19(13-21-3-2-10-29-21)11-17-14-26-23-12-18(25)6-9-22(23)24(17)27/h4-9,11-12,14,21H,2-3,10,13,15H2,1H3. The van der Waals surface area contributed by atoms with Crippen molar-refractivity contribution in [1.29, 1.82) is 0 Å². The number of fused-ring (bicyclic) bond motifs is 3. The fraction of sp³-hybridized carbons (Fsp3) is 0.292. The van der Waals surface area contributed by atoms with Gasteiger partial charge in [0.25, 0.3) is 0 Å². The number of ether oxygens (including phenoxy) is 2. The van der Waals surface area contributed by atoms with E-state index in [1.807, 2.05) is 18.3 Å². The van der Waals surface area contributed by atoms with E-state index in [1.165, 1.54) is 27.5 Å². The number of nitrogens with zero attached hydrogens (tertiary/aromatic N) is 2. The van der Waals surface area contributed by atoms with Crippen LogP contribution in [0.1, 0.15) is 24.1 Å². The number of halogens is 1. The van der Waals surface area contributed by atoms with Gasteiger partial charge in [0.05, 0.1) is 24.2 Å². The summed E-state index contributed by atoms with van der Waals surface area (Å²) in [5.74, 6) is 0.880. The Bertz CT molecular complexity index is 1160. The second-order valence-electron chi connectivity index (χ2n) is 7.63. The van der Waals surface area contributed by atoms with Crippen molar-refractivity contribution in [3.8, 4) is 5.75 Å². The average molecular weight is 451 g/mol. The van der Waals surface area contributed by atoms with Crippen LogP contribution in [0.3, 0.4) is 0 Å². The largest absolute Gasteiger partial charge is 0.497 e. The third kappa shape index (κ3) is 3.65. The maximum Gasteiger partial charge on any atom is 0.118 e. The van der Waals surface area contributed by atoms with Crippen molar-refractivity contribution in [3.05, 3.63) is 70.5 Å². The highest BCUT2D eigenvalue weighted by Gasteiger charge is 2.20. The Kier molecular flexibility index (Phi) is 5.02. The lowest BCUT2D eigenvalue weighted by Gasteiger charge is -2.15. The molecule has 148 valence electrons. The SMILES string of the molecule is COc1ccc(Cn2c(CC3CCCO3)cc3cnc4cc(Br)ccc4c32)cc1. The van der Waals surface area contributed by atoms with E-state index in [0.29, 0.717) is 6.10 Å². The maximum absolute atomic E-state index is 5.94. The van der Waals surface area contributed by atoms with Gasteiger partial charge >= 0.3 is 0 Å². The molecule has 0 radical (unpaired) electrons. The fourth-order valence-corrected chi connectivity index (χ4v) is 4.63. The van der Waals surface area contributed by atoms with Crippen LogP contribution in [0.4, 0.5) is 0 Å². The molecule has 0 bridgehead atoms. The molecule has 0 spiro atoms. The Labute approximate surface area is 178 Å². The molecule has 1 aliphatic heterocycles. The van der Waals surface area contributed by atoms with E-state index in [0.717, 1.165) is 48.2 Å². The Morgan fingerprint density at radius 3 is 2.79 bits per heavy atom. The van der Waals surface area contributed by atoms with Crippen LogP contribution in [-0.2, 0) is 17.7 Å². The zero-order valence-electron chi connectivity index (χ0n) is 16.4. The highest BCUT2D eigenvalue weighted by Crippen LogP contribution is 2.31. The first-order valence-corrected chi connectivity index (χ1v) is 10.8. The minimum absolute atomic E-state index is 0.308. The van der Waals surface area contributed by atoms with Crippen molar-refractivity contribution in [3.63, 3.8) is 0 Å². The number of pyridine rings is 1. The van der Waals surface area contributed by atoms with Gasteiger partial charge in [-0.15, -0.1) is 0 Å². The summed E-state index contributed by atoms with van der Waals surface area (Å²) in [6, 6.07) is 17.0. The Balaban J connectivity index is 1.65. The summed E-state index contributed by atoms with van der Waals surface area (Å²) >= 11 is 3.57. The molecular formula is C24H23BrN2O2. The Hall–Kier alpha value is -2.37. The minimum Gasteiger partial charge on any atom is -0.497 e. The summed E-state index contributed by atoms with van der Waals surface area (Å²) in [4.78, 5) is 4.70. The first-order chi connectivity index (χ1) is 14.2. The summed E-state index contributed by atoms with van der Waals surface area (Å²) in [7, 11) is 1.70. The molecule has 5 rings (SSSR count). The average Bonchev–Trinajstić information content (AvgIpc) is 3.37. The highest BCUT2D eigenvalue weighted by molar-refractivity contribution is 9.10. The number of benzene rings is 2. The van der Waals surface area contributed by atoms with E-state index in [9.17, 15) is 0 Å². The van der Waals surface area contributed by atoms with Gasteiger partial charge in [-0.2, -0.15) is 0 Å². The smallest absolute Gasteiger partial charge is 0.118 e. The van der Waals surface area contributed by atoms with Crippen LogP contribution in [0.2, 0.25) is 0 Å². The zero-order valence-corrected chi connectivity index (χ0v) is 18.0. The van der Waals surface area contributed by atoms with Gasteiger partial charge in [0.1, 0.15) is 5.75 Å². The molecule has 2 aromatic heterocycles. The molecule has 29 heavy (non-hydrogen) atoms. The van der Waals surface area contributed by atoms with E-state index in [-0.39, 0.29) is 0 Å². The third-order valence-corrected chi connectivity index (χ3v) is 6.22. The summed E-state index contributed by atoms with van der Waals surface area (Å²) in [6.45, 7) is 1.69. The molecule has 4 nitrogen and oxygen atoms in total. The van der Waals surface area contributed by atoms with Gasteiger partial charge in [0.15, 0.2) is 0 Å². The van der Waals surface area contributed by atoms with Crippen molar-refractivity contribution in [2.45, 2.75) is 31.9 Å². The predicted octanol–water partition coefficient (Wildman–Crippen LogP) is 5.73. The fourth-order valence-electron chi connectivity index (χ4n) is 4.28. The molecule has 1 aliphatic rings. The number of hydrogen-bond donors (Lipinski definition) is 0.